The summed E-state index contributed by atoms with van der Waals surface area (Å²) in [6.45, 7) is 4.79. The summed E-state index contributed by atoms with van der Waals surface area (Å²) >= 11 is 7.78. The van der Waals surface area contributed by atoms with Crippen LogP contribution in [0.2, 0.25) is 5.02 Å². The lowest BCUT2D eigenvalue weighted by Gasteiger charge is -2.28. The van der Waals surface area contributed by atoms with E-state index in [2.05, 4.69) is 10.6 Å². The lowest BCUT2D eigenvalue weighted by atomic mass is 10.1. The molecule has 1 saturated heterocycles. The maximum atomic E-state index is 13.0. The second-order valence-electron chi connectivity index (χ2n) is 6.79. The second kappa shape index (κ2) is 7.91. The van der Waals surface area contributed by atoms with Crippen LogP contribution in [0.1, 0.15) is 25.6 Å². The number of fused-ring (bicyclic) bond motifs is 1. The van der Waals surface area contributed by atoms with E-state index in [0.29, 0.717) is 34.2 Å². The highest BCUT2D eigenvalue weighted by Crippen LogP contribution is 2.35. The number of rotatable bonds is 3. The number of anilines is 1. The Morgan fingerprint density at radius 3 is 2.64 bits per heavy atom. The van der Waals surface area contributed by atoms with Crippen LogP contribution in [-0.4, -0.2) is 42.9 Å². The Hall–Kier alpha value is -2.41. The predicted molar refractivity (Wildman–Crippen MR) is 115 cm³/mol. The number of aryl methyl sites for hydroxylation is 1. The van der Waals surface area contributed by atoms with Crippen LogP contribution in [0.25, 0.3) is 10.1 Å². The van der Waals surface area contributed by atoms with Gasteiger partial charge in [0.25, 0.3) is 11.8 Å². The number of nitrogens with one attached hydrogen (secondary N) is 2. The van der Waals surface area contributed by atoms with Crippen LogP contribution in [0.5, 0.6) is 0 Å². The van der Waals surface area contributed by atoms with Crippen LogP contribution in [0, 0.1) is 6.92 Å². The van der Waals surface area contributed by atoms with Crippen molar-refractivity contribution in [3.8, 4) is 0 Å². The average molecular weight is 414 g/mol. The van der Waals surface area contributed by atoms with Crippen molar-refractivity contribution in [1.82, 2.24) is 10.2 Å². The molecular formula is C21H20ClN3O2S. The van der Waals surface area contributed by atoms with E-state index in [1.54, 1.807) is 6.07 Å². The van der Waals surface area contributed by atoms with Gasteiger partial charge < -0.3 is 15.5 Å². The summed E-state index contributed by atoms with van der Waals surface area (Å²) in [5.74, 6) is -0.368. The van der Waals surface area contributed by atoms with E-state index < -0.39 is 0 Å². The molecule has 0 aliphatic carbocycles. The monoisotopic (exact) mass is 413 g/mol. The third-order valence-corrected chi connectivity index (χ3v) is 6.47. The van der Waals surface area contributed by atoms with Gasteiger partial charge in [-0.2, -0.15) is 0 Å². The molecule has 3 aromatic rings. The van der Waals surface area contributed by atoms with E-state index in [0.717, 1.165) is 28.7 Å². The van der Waals surface area contributed by atoms with E-state index in [-0.39, 0.29) is 11.8 Å². The number of carbonyl (C=O) groups excluding carboxylic acids is 2. The number of piperazine rings is 1. The molecule has 0 bridgehead atoms. The van der Waals surface area contributed by atoms with Gasteiger partial charge in [0.2, 0.25) is 0 Å². The first-order valence-electron chi connectivity index (χ1n) is 9.13. The number of benzene rings is 2. The highest BCUT2D eigenvalue weighted by atomic mass is 35.5. The van der Waals surface area contributed by atoms with Crippen LogP contribution in [0.4, 0.5) is 5.69 Å². The maximum absolute atomic E-state index is 13.0. The predicted octanol–water partition coefficient (Wildman–Crippen LogP) is 4.16. The van der Waals surface area contributed by atoms with Gasteiger partial charge in [0.05, 0.1) is 16.3 Å². The average Bonchev–Trinajstić information content (AvgIpc) is 3.06. The lowest BCUT2D eigenvalue weighted by Crippen LogP contribution is -2.46. The van der Waals surface area contributed by atoms with E-state index in [1.807, 2.05) is 48.2 Å². The van der Waals surface area contributed by atoms with Gasteiger partial charge in [-0.3, -0.25) is 9.59 Å². The molecule has 1 aliphatic rings. The highest BCUT2D eigenvalue weighted by molar-refractivity contribution is 7.21. The molecule has 2 heterocycles. The highest BCUT2D eigenvalue weighted by Gasteiger charge is 2.23. The van der Waals surface area contributed by atoms with Crippen molar-refractivity contribution in [1.29, 1.82) is 0 Å². The molecule has 144 valence electrons. The zero-order valence-electron chi connectivity index (χ0n) is 15.4. The molecule has 2 aromatic carbocycles. The summed E-state index contributed by atoms with van der Waals surface area (Å²) < 4.78 is 0.957. The Morgan fingerprint density at radius 2 is 1.89 bits per heavy atom. The molecule has 5 nitrogen and oxygen atoms in total. The minimum Gasteiger partial charge on any atom is -0.336 e. The largest absolute Gasteiger partial charge is 0.336 e. The Bertz CT molecular complexity index is 1060. The molecule has 1 aromatic heterocycles. The molecule has 0 saturated carbocycles. The maximum Gasteiger partial charge on any atom is 0.267 e. The summed E-state index contributed by atoms with van der Waals surface area (Å²) in [7, 11) is 0. The Morgan fingerprint density at radius 1 is 1.14 bits per heavy atom. The van der Waals surface area contributed by atoms with Gasteiger partial charge in [0.15, 0.2) is 0 Å². The first kappa shape index (κ1) is 18.9. The van der Waals surface area contributed by atoms with Crippen LogP contribution < -0.4 is 10.6 Å². The van der Waals surface area contributed by atoms with E-state index >= 15 is 0 Å². The molecule has 2 N–H and O–H groups in total. The van der Waals surface area contributed by atoms with Gasteiger partial charge >= 0.3 is 0 Å². The summed E-state index contributed by atoms with van der Waals surface area (Å²) in [5.41, 5.74) is 1.98. The topological polar surface area (TPSA) is 61.4 Å². The Balaban J connectivity index is 1.64. The van der Waals surface area contributed by atoms with Crippen molar-refractivity contribution in [3.05, 3.63) is 63.5 Å². The molecule has 1 fully saturated rings. The molecule has 0 radical (unpaired) electrons. The van der Waals surface area contributed by atoms with Gasteiger partial charge in [-0.15, -0.1) is 11.3 Å². The summed E-state index contributed by atoms with van der Waals surface area (Å²) in [6, 6.07) is 13.1. The van der Waals surface area contributed by atoms with Gasteiger partial charge in [-0.25, -0.2) is 0 Å². The smallest absolute Gasteiger partial charge is 0.267 e. The minimum absolute atomic E-state index is 0.0667. The lowest BCUT2D eigenvalue weighted by molar-refractivity contribution is 0.0737. The first-order chi connectivity index (χ1) is 13.5. The SMILES string of the molecule is Cc1ccc(NC(=O)c2sc3ccccc3c2Cl)c(C(=O)N2CCNCC2)c1. The molecule has 0 spiro atoms. The van der Waals surface area contributed by atoms with E-state index in [4.69, 9.17) is 11.6 Å². The van der Waals surface area contributed by atoms with Crippen LogP contribution in [-0.2, 0) is 0 Å². The van der Waals surface area contributed by atoms with Crippen molar-refractivity contribution in [3.63, 3.8) is 0 Å². The van der Waals surface area contributed by atoms with Crippen molar-refractivity contribution in [2.45, 2.75) is 6.92 Å². The molecule has 1 aliphatic heterocycles. The van der Waals surface area contributed by atoms with E-state index in [1.165, 1.54) is 11.3 Å². The zero-order chi connectivity index (χ0) is 19.7. The molecular weight excluding hydrogens is 394 g/mol. The number of thiophene rings is 1. The van der Waals surface area contributed by atoms with Crippen LogP contribution >= 0.6 is 22.9 Å². The fourth-order valence-corrected chi connectivity index (χ4v) is 4.73. The van der Waals surface area contributed by atoms with Crippen LogP contribution in [0.15, 0.2) is 42.5 Å². The zero-order valence-corrected chi connectivity index (χ0v) is 17.0. The van der Waals surface area contributed by atoms with Crippen molar-refractivity contribution in [2.75, 3.05) is 31.5 Å². The van der Waals surface area contributed by atoms with E-state index in [9.17, 15) is 9.59 Å². The number of amides is 2. The fourth-order valence-electron chi connectivity index (χ4n) is 3.32. The molecule has 28 heavy (non-hydrogen) atoms. The Kier molecular flexibility index (Phi) is 5.35. The van der Waals surface area contributed by atoms with Crippen molar-refractivity contribution < 1.29 is 9.59 Å². The van der Waals surface area contributed by atoms with Gasteiger partial charge in [-0.05, 0) is 25.1 Å². The minimum atomic E-state index is -0.301. The molecule has 4 rings (SSSR count). The number of halogens is 1. The Labute approximate surface area is 172 Å². The summed E-state index contributed by atoms with van der Waals surface area (Å²) in [5, 5.41) is 7.45. The number of hydrogen-bond donors (Lipinski definition) is 2. The molecule has 0 unspecified atom stereocenters. The van der Waals surface area contributed by atoms with Gasteiger partial charge in [-0.1, -0.05) is 41.4 Å². The standard InChI is InChI=1S/C21H20ClN3O2S/c1-13-6-7-16(15(12-13)21(27)25-10-8-23-9-11-25)24-20(26)19-18(22)14-4-2-3-5-17(14)28-19/h2-7,12,23H,8-11H2,1H3,(H,24,26). The molecule has 7 heteroatoms. The number of nitrogens with zero attached hydrogens (tertiary/aromatic N) is 1. The first-order valence-corrected chi connectivity index (χ1v) is 10.3. The molecule has 0 atom stereocenters. The summed E-state index contributed by atoms with van der Waals surface area (Å²) in [6.07, 6.45) is 0. The quantitative estimate of drug-likeness (QED) is 0.677. The number of carbonyl (C=O) groups is 2. The van der Waals surface area contributed by atoms with Crippen molar-refractivity contribution in [2.24, 2.45) is 0 Å². The normalized spacial score (nSPS) is 14.3. The second-order valence-corrected chi connectivity index (χ2v) is 8.22. The van der Waals surface area contributed by atoms with Gasteiger partial charge in [0, 0.05) is 36.3 Å². The summed E-state index contributed by atoms with van der Waals surface area (Å²) in [4.78, 5) is 28.2. The fraction of sp³-hybridized carbons (Fsp3) is 0.238. The third-order valence-electron chi connectivity index (χ3n) is 4.80. The van der Waals surface area contributed by atoms with Crippen LogP contribution in [0.3, 0.4) is 0 Å². The third kappa shape index (κ3) is 3.63. The van der Waals surface area contributed by atoms with Crippen molar-refractivity contribution >= 4 is 50.5 Å². The number of hydrogen-bond acceptors (Lipinski definition) is 4. The van der Waals surface area contributed by atoms with Gasteiger partial charge in [0.1, 0.15) is 4.88 Å². The molecule has 2 amide bonds.